The van der Waals surface area contributed by atoms with Crippen molar-refractivity contribution < 1.29 is 9.21 Å². The van der Waals surface area contributed by atoms with Crippen LogP contribution in [0, 0.1) is 0 Å². The van der Waals surface area contributed by atoms with E-state index in [4.69, 9.17) is 4.42 Å². The number of benzene rings is 1. The Morgan fingerprint density at radius 2 is 1.93 bits per heavy atom. The molecule has 0 saturated carbocycles. The van der Waals surface area contributed by atoms with Gasteiger partial charge in [-0.15, -0.1) is 0 Å². The number of carbonyl (C=O) groups is 1. The summed E-state index contributed by atoms with van der Waals surface area (Å²) in [5.41, 5.74) is 5.00. The van der Waals surface area contributed by atoms with Crippen molar-refractivity contribution in [1.29, 1.82) is 0 Å². The standard InChI is InChI=1S/C20H15N5O2/c26-20(17-9-4-5-11-21-17)23-22-13-15-14-25(16-7-2-1-3-8-16)24-19(15)18-10-6-12-27-18/h1-14H,(H,23,26)/b22-13-. The maximum absolute atomic E-state index is 12.0. The fourth-order valence-electron chi connectivity index (χ4n) is 2.51. The molecule has 0 fully saturated rings. The Balaban J connectivity index is 1.61. The second-order valence-corrected chi connectivity index (χ2v) is 5.60. The molecule has 0 spiro atoms. The van der Waals surface area contributed by atoms with Crippen LogP contribution in [0.5, 0.6) is 0 Å². The third-order valence-corrected chi connectivity index (χ3v) is 3.79. The SMILES string of the molecule is O=C(N/N=C\c1cn(-c2ccccc2)nc1-c1ccco1)c1ccccn1. The van der Waals surface area contributed by atoms with Crippen molar-refractivity contribution >= 4 is 12.1 Å². The second-order valence-electron chi connectivity index (χ2n) is 5.60. The maximum Gasteiger partial charge on any atom is 0.289 e. The van der Waals surface area contributed by atoms with Crippen molar-refractivity contribution in [2.24, 2.45) is 5.10 Å². The third kappa shape index (κ3) is 3.67. The number of hydrazone groups is 1. The number of aromatic nitrogens is 3. The largest absolute Gasteiger partial charge is 0.463 e. The molecular formula is C20H15N5O2. The van der Waals surface area contributed by atoms with Crippen LogP contribution in [0.15, 0.2) is 88.8 Å². The first kappa shape index (κ1) is 16.5. The smallest absolute Gasteiger partial charge is 0.289 e. The van der Waals surface area contributed by atoms with E-state index in [0.717, 1.165) is 5.69 Å². The minimum atomic E-state index is -0.387. The van der Waals surface area contributed by atoms with Gasteiger partial charge >= 0.3 is 0 Å². The van der Waals surface area contributed by atoms with Gasteiger partial charge in [-0.2, -0.15) is 10.2 Å². The molecule has 0 aliphatic rings. The van der Waals surface area contributed by atoms with Crippen molar-refractivity contribution in [2.75, 3.05) is 0 Å². The fraction of sp³-hybridized carbons (Fsp3) is 0. The molecule has 3 heterocycles. The van der Waals surface area contributed by atoms with E-state index in [-0.39, 0.29) is 5.91 Å². The molecule has 0 atom stereocenters. The summed E-state index contributed by atoms with van der Waals surface area (Å²) in [5, 5.41) is 8.62. The van der Waals surface area contributed by atoms with E-state index < -0.39 is 0 Å². The van der Waals surface area contributed by atoms with Crippen LogP contribution in [0.1, 0.15) is 16.1 Å². The van der Waals surface area contributed by atoms with E-state index in [1.165, 1.54) is 6.21 Å². The predicted molar refractivity (Wildman–Crippen MR) is 101 cm³/mol. The Morgan fingerprint density at radius 1 is 1.07 bits per heavy atom. The van der Waals surface area contributed by atoms with Gasteiger partial charge in [0.1, 0.15) is 11.4 Å². The summed E-state index contributed by atoms with van der Waals surface area (Å²) in [6.45, 7) is 0. The lowest BCUT2D eigenvalue weighted by atomic mass is 10.2. The summed E-state index contributed by atoms with van der Waals surface area (Å²) >= 11 is 0. The molecule has 0 radical (unpaired) electrons. The van der Waals surface area contributed by atoms with Gasteiger partial charge in [-0.25, -0.2) is 10.1 Å². The Morgan fingerprint density at radius 3 is 2.67 bits per heavy atom. The lowest BCUT2D eigenvalue weighted by molar-refractivity contribution is 0.0950. The van der Waals surface area contributed by atoms with Crippen molar-refractivity contribution in [2.45, 2.75) is 0 Å². The van der Waals surface area contributed by atoms with Gasteiger partial charge in [-0.3, -0.25) is 9.78 Å². The number of amides is 1. The number of hydrogen-bond acceptors (Lipinski definition) is 5. The van der Waals surface area contributed by atoms with Gasteiger partial charge in [0, 0.05) is 18.0 Å². The fourth-order valence-corrected chi connectivity index (χ4v) is 2.51. The number of rotatable bonds is 5. The average molecular weight is 357 g/mol. The maximum atomic E-state index is 12.0. The second kappa shape index (κ2) is 7.49. The number of furan rings is 1. The van der Waals surface area contributed by atoms with Crippen LogP contribution in [0.25, 0.3) is 17.1 Å². The summed E-state index contributed by atoms with van der Waals surface area (Å²) in [6.07, 6.45) is 6.49. The summed E-state index contributed by atoms with van der Waals surface area (Å²) in [6, 6.07) is 18.4. The molecule has 1 amide bonds. The molecule has 4 aromatic rings. The zero-order chi connectivity index (χ0) is 18.5. The van der Waals surface area contributed by atoms with E-state index in [1.807, 2.05) is 42.6 Å². The highest BCUT2D eigenvalue weighted by Gasteiger charge is 2.13. The van der Waals surface area contributed by atoms with E-state index in [0.29, 0.717) is 22.7 Å². The molecule has 0 aliphatic carbocycles. The minimum absolute atomic E-state index is 0.292. The highest BCUT2D eigenvalue weighted by atomic mass is 16.3. The Labute approximate surface area is 155 Å². The van der Waals surface area contributed by atoms with Crippen molar-refractivity contribution in [3.63, 3.8) is 0 Å². The van der Waals surface area contributed by atoms with Crippen LogP contribution >= 0.6 is 0 Å². The van der Waals surface area contributed by atoms with E-state index >= 15 is 0 Å². The van der Waals surface area contributed by atoms with Crippen LogP contribution in [0.2, 0.25) is 0 Å². The molecule has 0 unspecified atom stereocenters. The zero-order valence-corrected chi connectivity index (χ0v) is 14.2. The number of carbonyl (C=O) groups excluding carboxylic acids is 1. The lowest BCUT2D eigenvalue weighted by Gasteiger charge is -1.98. The van der Waals surface area contributed by atoms with Crippen molar-refractivity contribution in [3.05, 3.63) is 90.6 Å². The first-order valence-electron chi connectivity index (χ1n) is 8.25. The molecule has 0 aliphatic heterocycles. The summed E-state index contributed by atoms with van der Waals surface area (Å²) in [7, 11) is 0. The Hall–Kier alpha value is -4.00. The molecule has 3 aromatic heterocycles. The highest BCUT2D eigenvalue weighted by Crippen LogP contribution is 2.23. The number of nitrogens with one attached hydrogen (secondary N) is 1. The van der Waals surface area contributed by atoms with Gasteiger partial charge in [0.2, 0.25) is 0 Å². The van der Waals surface area contributed by atoms with E-state index in [2.05, 4.69) is 20.6 Å². The summed E-state index contributed by atoms with van der Waals surface area (Å²) in [4.78, 5) is 16.0. The quantitative estimate of drug-likeness (QED) is 0.439. The molecule has 132 valence electrons. The Bertz CT molecular complexity index is 1050. The zero-order valence-electron chi connectivity index (χ0n) is 14.2. The number of nitrogens with zero attached hydrogens (tertiary/aromatic N) is 4. The number of para-hydroxylation sites is 1. The minimum Gasteiger partial charge on any atom is -0.463 e. The van der Waals surface area contributed by atoms with Crippen LogP contribution in [0.4, 0.5) is 0 Å². The van der Waals surface area contributed by atoms with Crippen LogP contribution in [-0.2, 0) is 0 Å². The molecule has 0 bridgehead atoms. The van der Waals surface area contributed by atoms with Crippen LogP contribution in [-0.4, -0.2) is 26.9 Å². The molecule has 27 heavy (non-hydrogen) atoms. The number of pyridine rings is 1. The van der Waals surface area contributed by atoms with E-state index in [9.17, 15) is 4.79 Å². The molecule has 4 rings (SSSR count). The molecule has 7 nitrogen and oxygen atoms in total. The monoisotopic (exact) mass is 357 g/mol. The first-order valence-corrected chi connectivity index (χ1v) is 8.25. The van der Waals surface area contributed by atoms with Crippen molar-refractivity contribution in [3.8, 4) is 17.1 Å². The van der Waals surface area contributed by atoms with Gasteiger partial charge in [-0.1, -0.05) is 24.3 Å². The molecule has 7 heteroatoms. The average Bonchev–Trinajstić information content (AvgIpc) is 3.39. The first-order chi connectivity index (χ1) is 13.3. The normalized spacial score (nSPS) is 11.0. The van der Waals surface area contributed by atoms with Crippen LogP contribution in [0.3, 0.4) is 0 Å². The van der Waals surface area contributed by atoms with Gasteiger partial charge < -0.3 is 4.42 Å². The third-order valence-electron chi connectivity index (χ3n) is 3.79. The van der Waals surface area contributed by atoms with E-state index in [1.54, 1.807) is 41.4 Å². The topological polar surface area (TPSA) is 85.3 Å². The van der Waals surface area contributed by atoms with Gasteiger partial charge in [0.05, 0.1) is 18.2 Å². The van der Waals surface area contributed by atoms with Gasteiger partial charge in [0.25, 0.3) is 5.91 Å². The number of hydrogen-bond donors (Lipinski definition) is 1. The summed E-state index contributed by atoms with van der Waals surface area (Å²) in [5.74, 6) is 0.226. The van der Waals surface area contributed by atoms with Gasteiger partial charge in [-0.05, 0) is 36.4 Å². The lowest BCUT2D eigenvalue weighted by Crippen LogP contribution is -2.18. The van der Waals surface area contributed by atoms with Gasteiger partial charge in [0.15, 0.2) is 5.76 Å². The summed E-state index contributed by atoms with van der Waals surface area (Å²) < 4.78 is 7.21. The van der Waals surface area contributed by atoms with Crippen molar-refractivity contribution in [1.82, 2.24) is 20.2 Å². The van der Waals surface area contributed by atoms with Crippen LogP contribution < -0.4 is 5.43 Å². The Kier molecular flexibility index (Phi) is 4.57. The molecular weight excluding hydrogens is 342 g/mol. The molecule has 1 aromatic carbocycles. The predicted octanol–water partition coefficient (Wildman–Crippen LogP) is 3.29. The molecule has 0 saturated heterocycles. The molecule has 1 N–H and O–H groups in total. The highest BCUT2D eigenvalue weighted by molar-refractivity contribution is 5.94.